The maximum absolute atomic E-state index is 4.64. The minimum Gasteiger partial charge on any atom is -0.352 e. The maximum atomic E-state index is 4.64. The van der Waals surface area contributed by atoms with Crippen LogP contribution >= 0.6 is 0 Å². The molecule has 0 atom stereocenters. The maximum Gasteiger partial charge on any atom is 0.159 e. The number of hydrogen-bond donors (Lipinski definition) is 0. The largest absolute Gasteiger partial charge is 0.352 e. The average molecular weight is 332 g/mol. The fourth-order valence-corrected chi connectivity index (χ4v) is 3.44. The summed E-state index contributed by atoms with van der Waals surface area (Å²) in [5.41, 5.74) is 4.69. The van der Waals surface area contributed by atoms with Crippen LogP contribution in [0.5, 0.6) is 0 Å². The Kier molecular flexibility index (Phi) is 4.14. The molecular weight excluding hydrogens is 308 g/mol. The van der Waals surface area contributed by atoms with E-state index in [1.54, 1.807) is 0 Å². The summed E-state index contributed by atoms with van der Waals surface area (Å²) in [5.74, 6) is 1.01. The summed E-state index contributed by atoms with van der Waals surface area (Å²) in [5, 5.41) is 11.6. The molecule has 1 aliphatic rings. The average Bonchev–Trinajstić information content (AvgIpc) is 2.64. The number of anilines is 1. The van der Waals surface area contributed by atoms with Gasteiger partial charge < -0.3 is 9.80 Å². The van der Waals surface area contributed by atoms with E-state index in [1.807, 2.05) is 0 Å². The molecule has 0 N–H and O–H groups in total. The van der Waals surface area contributed by atoms with Crippen LogP contribution in [-0.2, 0) is 0 Å². The number of aryl methyl sites for hydroxylation is 2. The van der Waals surface area contributed by atoms with Gasteiger partial charge in [-0.05, 0) is 38.1 Å². The SMILES string of the molecule is Cc1ccc(-c2nnc(N3CCN(C)CC3)c3ccccc23)cc1C. The fraction of sp³-hybridized carbons (Fsp3) is 0.333. The van der Waals surface area contributed by atoms with Gasteiger partial charge in [0.1, 0.15) is 5.69 Å². The van der Waals surface area contributed by atoms with Gasteiger partial charge in [0.05, 0.1) is 0 Å². The van der Waals surface area contributed by atoms with Crippen LogP contribution in [0.3, 0.4) is 0 Å². The van der Waals surface area contributed by atoms with Crippen LogP contribution in [-0.4, -0.2) is 48.3 Å². The van der Waals surface area contributed by atoms with Gasteiger partial charge in [0.2, 0.25) is 0 Å². The van der Waals surface area contributed by atoms with Gasteiger partial charge in [0, 0.05) is 42.5 Å². The molecule has 4 nitrogen and oxygen atoms in total. The molecule has 2 heterocycles. The molecule has 1 aliphatic heterocycles. The first-order valence-electron chi connectivity index (χ1n) is 8.90. The third-order valence-electron chi connectivity index (χ3n) is 5.25. The summed E-state index contributed by atoms with van der Waals surface area (Å²) in [6.07, 6.45) is 0. The van der Waals surface area contributed by atoms with Gasteiger partial charge in [0.25, 0.3) is 0 Å². The van der Waals surface area contributed by atoms with Crippen LogP contribution in [0.15, 0.2) is 42.5 Å². The number of rotatable bonds is 2. The van der Waals surface area contributed by atoms with E-state index in [4.69, 9.17) is 0 Å². The van der Waals surface area contributed by atoms with Crippen LogP contribution in [0.25, 0.3) is 22.0 Å². The summed E-state index contributed by atoms with van der Waals surface area (Å²) in [6.45, 7) is 8.41. The van der Waals surface area contributed by atoms with Crippen molar-refractivity contribution in [2.24, 2.45) is 0 Å². The van der Waals surface area contributed by atoms with Crippen molar-refractivity contribution < 1.29 is 0 Å². The molecule has 0 aliphatic carbocycles. The Balaban J connectivity index is 1.83. The fourth-order valence-electron chi connectivity index (χ4n) is 3.44. The highest BCUT2D eigenvalue weighted by atomic mass is 15.3. The van der Waals surface area contributed by atoms with Crippen LogP contribution in [0.1, 0.15) is 11.1 Å². The number of aromatic nitrogens is 2. The van der Waals surface area contributed by atoms with E-state index in [0.717, 1.165) is 43.3 Å². The van der Waals surface area contributed by atoms with Crippen LogP contribution in [0.4, 0.5) is 5.82 Å². The van der Waals surface area contributed by atoms with Gasteiger partial charge in [-0.3, -0.25) is 0 Å². The van der Waals surface area contributed by atoms with Gasteiger partial charge in [-0.1, -0.05) is 36.4 Å². The number of nitrogens with zero attached hydrogens (tertiary/aromatic N) is 4. The Morgan fingerprint density at radius 3 is 2.24 bits per heavy atom. The van der Waals surface area contributed by atoms with Gasteiger partial charge in [-0.15, -0.1) is 10.2 Å². The Morgan fingerprint density at radius 1 is 0.800 bits per heavy atom. The molecule has 1 aromatic heterocycles. The second-order valence-electron chi connectivity index (χ2n) is 7.01. The third kappa shape index (κ3) is 2.98. The minimum absolute atomic E-state index is 0.969. The molecule has 128 valence electrons. The molecule has 2 aromatic carbocycles. The summed E-state index contributed by atoms with van der Waals surface area (Å²) < 4.78 is 0. The van der Waals surface area contributed by atoms with E-state index in [-0.39, 0.29) is 0 Å². The van der Waals surface area contributed by atoms with Gasteiger partial charge >= 0.3 is 0 Å². The number of likely N-dealkylation sites (N-methyl/N-ethyl adjacent to an activating group) is 1. The number of benzene rings is 2. The van der Waals surface area contributed by atoms with Crippen molar-refractivity contribution in [3.05, 3.63) is 53.6 Å². The van der Waals surface area contributed by atoms with E-state index in [0.29, 0.717) is 0 Å². The Labute approximate surface area is 149 Å². The van der Waals surface area contributed by atoms with E-state index < -0.39 is 0 Å². The summed E-state index contributed by atoms with van der Waals surface area (Å²) in [4.78, 5) is 4.72. The lowest BCUT2D eigenvalue weighted by atomic mass is 10.0. The molecule has 0 bridgehead atoms. The lowest BCUT2D eigenvalue weighted by molar-refractivity contribution is 0.312. The Hall–Kier alpha value is -2.46. The van der Waals surface area contributed by atoms with Crippen molar-refractivity contribution >= 4 is 16.6 Å². The molecule has 0 amide bonds. The lowest BCUT2D eigenvalue weighted by Crippen LogP contribution is -2.45. The first kappa shape index (κ1) is 16.0. The van der Waals surface area contributed by atoms with Gasteiger partial charge in [0.15, 0.2) is 5.82 Å². The van der Waals surface area contributed by atoms with Crippen molar-refractivity contribution in [3.8, 4) is 11.3 Å². The Bertz CT molecular complexity index is 911. The number of piperazine rings is 1. The zero-order valence-corrected chi connectivity index (χ0v) is 15.2. The van der Waals surface area contributed by atoms with E-state index in [9.17, 15) is 0 Å². The molecule has 1 fully saturated rings. The third-order valence-corrected chi connectivity index (χ3v) is 5.25. The zero-order chi connectivity index (χ0) is 17.4. The molecular formula is C21H24N4. The zero-order valence-electron chi connectivity index (χ0n) is 15.2. The highest BCUT2D eigenvalue weighted by Gasteiger charge is 2.19. The first-order valence-corrected chi connectivity index (χ1v) is 8.90. The second-order valence-corrected chi connectivity index (χ2v) is 7.01. The highest BCUT2D eigenvalue weighted by Crippen LogP contribution is 2.32. The standard InChI is InChI=1S/C21H24N4/c1-15-8-9-17(14-16(15)2)20-18-6-4-5-7-19(18)21(23-22-20)25-12-10-24(3)11-13-25/h4-9,14H,10-13H2,1-3H3. The summed E-state index contributed by atoms with van der Waals surface area (Å²) >= 11 is 0. The summed E-state index contributed by atoms with van der Waals surface area (Å²) in [6, 6.07) is 15.0. The van der Waals surface area contributed by atoms with Crippen LogP contribution in [0.2, 0.25) is 0 Å². The smallest absolute Gasteiger partial charge is 0.159 e. The van der Waals surface area contributed by atoms with E-state index in [1.165, 1.54) is 21.9 Å². The quantitative estimate of drug-likeness (QED) is 0.717. The van der Waals surface area contributed by atoms with Crippen molar-refractivity contribution in [1.29, 1.82) is 0 Å². The molecule has 4 rings (SSSR count). The van der Waals surface area contributed by atoms with Crippen LogP contribution in [0, 0.1) is 13.8 Å². The highest BCUT2D eigenvalue weighted by molar-refractivity contribution is 6.00. The van der Waals surface area contributed by atoms with E-state index in [2.05, 4.69) is 83.4 Å². The normalized spacial score (nSPS) is 15.7. The number of fused-ring (bicyclic) bond motifs is 1. The van der Waals surface area contributed by atoms with Crippen LogP contribution < -0.4 is 4.90 Å². The molecule has 0 unspecified atom stereocenters. The molecule has 0 radical (unpaired) electrons. The predicted molar refractivity (Wildman–Crippen MR) is 104 cm³/mol. The van der Waals surface area contributed by atoms with Crippen molar-refractivity contribution in [2.45, 2.75) is 13.8 Å². The molecule has 0 saturated carbocycles. The minimum atomic E-state index is 0.969. The first-order chi connectivity index (χ1) is 12.1. The molecule has 3 aromatic rings. The lowest BCUT2D eigenvalue weighted by Gasteiger charge is -2.33. The van der Waals surface area contributed by atoms with Crippen molar-refractivity contribution in [2.75, 3.05) is 38.1 Å². The van der Waals surface area contributed by atoms with E-state index >= 15 is 0 Å². The van der Waals surface area contributed by atoms with Gasteiger partial charge in [-0.2, -0.15) is 0 Å². The van der Waals surface area contributed by atoms with Crippen molar-refractivity contribution in [1.82, 2.24) is 15.1 Å². The molecule has 4 heteroatoms. The predicted octanol–water partition coefficient (Wildman–Crippen LogP) is 3.67. The van der Waals surface area contributed by atoms with Gasteiger partial charge in [-0.25, -0.2) is 0 Å². The summed E-state index contributed by atoms with van der Waals surface area (Å²) in [7, 11) is 2.17. The second kappa shape index (κ2) is 6.45. The van der Waals surface area contributed by atoms with Crippen molar-refractivity contribution in [3.63, 3.8) is 0 Å². The Morgan fingerprint density at radius 2 is 1.52 bits per heavy atom. The molecule has 0 spiro atoms. The number of hydrogen-bond acceptors (Lipinski definition) is 4. The monoisotopic (exact) mass is 332 g/mol. The molecule has 1 saturated heterocycles. The topological polar surface area (TPSA) is 32.3 Å². The molecule has 25 heavy (non-hydrogen) atoms.